The van der Waals surface area contributed by atoms with Gasteiger partial charge >= 0.3 is 27.9 Å². The molecule has 8 aliphatic heterocycles. The molecule has 0 radical (unpaired) electrons. The van der Waals surface area contributed by atoms with Gasteiger partial charge < -0.3 is 38.5 Å². The first kappa shape index (κ1) is 39.1. The van der Waals surface area contributed by atoms with Gasteiger partial charge in [-0.15, -0.1) is 0 Å². The number of allylic oxidation sites excluding steroid dienone is 8. The number of anilines is 12. The molecule has 0 fully saturated rings. The lowest BCUT2D eigenvalue weighted by Crippen LogP contribution is -2.44. The summed E-state index contributed by atoms with van der Waals surface area (Å²) in [6, 6.07) is 60.2. The van der Waals surface area contributed by atoms with Crippen LogP contribution in [0.15, 0.2) is 255 Å². The highest BCUT2D eigenvalue weighted by Crippen LogP contribution is 2.51. The van der Waals surface area contributed by atoms with Crippen molar-refractivity contribution in [3.8, 4) is 11.1 Å². The topological polar surface area (TPSA) is 25.9 Å². The Labute approximate surface area is 410 Å². The normalized spacial score (nSPS) is 17.1. The smallest absolute Gasteiger partial charge is 0.367 e. The van der Waals surface area contributed by atoms with E-state index >= 15 is 0 Å². The Balaban J connectivity index is 0.741. The van der Waals surface area contributed by atoms with Crippen LogP contribution in [0, 0.1) is 0 Å². The van der Waals surface area contributed by atoms with Crippen molar-refractivity contribution in [3.63, 3.8) is 0 Å². The van der Waals surface area contributed by atoms with Gasteiger partial charge in [0.1, 0.15) is 0 Å². The number of benzene rings is 7. The van der Waals surface area contributed by atoms with Crippen molar-refractivity contribution >= 4 is 102 Å². The molecule has 8 heterocycles. The third kappa shape index (κ3) is 5.83. The van der Waals surface area contributed by atoms with Gasteiger partial charge in [-0.3, -0.25) is 0 Å². The van der Waals surface area contributed by atoms with E-state index in [2.05, 4.69) is 294 Å². The molecule has 0 atom stereocenters. The molecule has 0 bridgehead atoms. The van der Waals surface area contributed by atoms with Gasteiger partial charge in [0.05, 0.1) is 45.5 Å². The number of rotatable bonds is 6. The summed E-state index contributed by atoms with van der Waals surface area (Å²) < 4.78 is 0. The summed E-state index contributed by atoms with van der Waals surface area (Å²) in [7, 11) is 0. The van der Waals surface area contributed by atoms with Crippen molar-refractivity contribution in [2.24, 2.45) is 0 Å². The van der Waals surface area contributed by atoms with Gasteiger partial charge in [0, 0.05) is 28.9 Å². The molecular formula is C58H42B4N8. The van der Waals surface area contributed by atoms with Crippen molar-refractivity contribution in [2.75, 3.05) is 38.5 Å². The van der Waals surface area contributed by atoms with Gasteiger partial charge in [-0.2, -0.15) is 0 Å². The molecule has 0 unspecified atom stereocenters. The van der Waals surface area contributed by atoms with Crippen LogP contribution in [-0.2, 0) is 0 Å². The Kier molecular flexibility index (Phi) is 8.57. The molecule has 0 aliphatic carbocycles. The molecule has 8 aliphatic rings. The molecule has 70 heavy (non-hydrogen) atoms. The van der Waals surface area contributed by atoms with Crippen LogP contribution < -0.4 is 38.5 Å². The summed E-state index contributed by atoms with van der Waals surface area (Å²) >= 11 is 0. The van der Waals surface area contributed by atoms with Crippen molar-refractivity contribution in [3.05, 3.63) is 261 Å². The molecule has 0 N–H and O–H groups in total. The number of hydrogen-bond acceptors (Lipinski definition) is 8. The third-order valence-corrected chi connectivity index (χ3v) is 14.9. The number of fused-ring (bicyclic) bond motifs is 12. The maximum atomic E-state index is 2.48. The standard InChI is InChI=1S/C58H42B4N8/c1-4-25-54-51(22-1)63-35-10-7-31-59(63)67(54)47-18-13-16-43(38-47)44-17-14-19-48(39-44)68-56-27-6-3-24-53(56)66-42-46(30-34-62(66)68)45-28-29-57-58(40-45)65-37-12-9-33-61(65)70(57)50-21-15-20-49(41-50)69-55-26-5-2-23-52(55)64-36-11-8-32-60(64)69/h1-42H. The summed E-state index contributed by atoms with van der Waals surface area (Å²) in [5.74, 6) is 9.20. The summed E-state index contributed by atoms with van der Waals surface area (Å²) in [4.78, 5) is 19.4. The van der Waals surface area contributed by atoms with E-state index in [1.54, 1.807) is 0 Å². The van der Waals surface area contributed by atoms with Crippen molar-refractivity contribution in [1.29, 1.82) is 0 Å². The average molecular weight is 894 g/mol. The average Bonchev–Trinajstić information content (AvgIpc) is 4.16. The van der Waals surface area contributed by atoms with E-state index < -0.39 is 0 Å². The number of para-hydroxylation sites is 6. The molecule has 0 amide bonds. The number of hydrogen-bond donors (Lipinski definition) is 0. The Bertz CT molecular complexity index is 3600. The predicted molar refractivity (Wildman–Crippen MR) is 298 cm³/mol. The second-order valence-electron chi connectivity index (χ2n) is 18.7. The first-order valence-electron chi connectivity index (χ1n) is 24.2. The molecule has 12 heteroatoms. The van der Waals surface area contributed by atoms with Crippen LogP contribution in [0.4, 0.5) is 68.2 Å². The molecule has 0 saturated heterocycles. The van der Waals surface area contributed by atoms with E-state index in [0.29, 0.717) is 0 Å². The first-order chi connectivity index (χ1) is 34.7. The van der Waals surface area contributed by atoms with Crippen LogP contribution >= 0.6 is 0 Å². The lowest BCUT2D eigenvalue weighted by atomic mass is 9.70. The number of nitrogens with zero attached hydrogens (tertiary/aromatic N) is 8. The fourth-order valence-electron chi connectivity index (χ4n) is 11.9. The maximum Gasteiger partial charge on any atom is 0.412 e. The fourth-order valence-corrected chi connectivity index (χ4v) is 11.9. The van der Waals surface area contributed by atoms with Gasteiger partial charge in [0.15, 0.2) is 0 Å². The molecule has 0 spiro atoms. The minimum Gasteiger partial charge on any atom is -0.367 e. The zero-order valence-corrected chi connectivity index (χ0v) is 38.1. The van der Waals surface area contributed by atoms with Crippen LogP contribution in [0.2, 0.25) is 0 Å². The Morgan fingerprint density at radius 1 is 0.271 bits per heavy atom. The minimum absolute atomic E-state index is 0.0108. The van der Waals surface area contributed by atoms with Gasteiger partial charge in [0.25, 0.3) is 0 Å². The van der Waals surface area contributed by atoms with Crippen molar-refractivity contribution in [1.82, 2.24) is 0 Å². The lowest BCUT2D eigenvalue weighted by molar-refractivity contribution is 1.36. The van der Waals surface area contributed by atoms with E-state index in [1.807, 2.05) is 0 Å². The monoisotopic (exact) mass is 894 g/mol. The highest BCUT2D eigenvalue weighted by Gasteiger charge is 2.44. The Morgan fingerprint density at radius 3 is 1.17 bits per heavy atom. The van der Waals surface area contributed by atoms with E-state index in [4.69, 9.17) is 0 Å². The van der Waals surface area contributed by atoms with Gasteiger partial charge in [-0.05, 0) is 150 Å². The van der Waals surface area contributed by atoms with Crippen molar-refractivity contribution in [2.45, 2.75) is 0 Å². The van der Waals surface area contributed by atoms with Crippen LogP contribution in [0.25, 0.3) is 16.7 Å². The largest absolute Gasteiger partial charge is 0.412 e. The van der Waals surface area contributed by atoms with Crippen molar-refractivity contribution < 1.29 is 0 Å². The second kappa shape index (κ2) is 15.3. The molecule has 326 valence electrons. The fraction of sp³-hybridized carbons (Fsp3) is 0. The van der Waals surface area contributed by atoms with E-state index in [0.717, 1.165) is 17.1 Å². The summed E-state index contributed by atoms with van der Waals surface area (Å²) in [5.41, 5.74) is 18.9. The first-order valence-corrected chi connectivity index (χ1v) is 24.2. The third-order valence-electron chi connectivity index (χ3n) is 14.9. The SMILES string of the molecule is C1=CB2N(C=C1)c1ccccc1N2c1cccc(-c2cccc(N3B4C=CC(c5ccc6c(c5)N5C=CC=CB5N6c5cccc(N6B7C=CC=CN7c7ccccc76)c5)=CN4c4ccccc43)c2)c1. The highest BCUT2D eigenvalue weighted by molar-refractivity contribution is 6.79. The van der Waals surface area contributed by atoms with Crippen LogP contribution in [0.3, 0.4) is 0 Å². The van der Waals surface area contributed by atoms with E-state index in [9.17, 15) is 0 Å². The Hall–Kier alpha value is -8.88. The quantitative estimate of drug-likeness (QED) is 0.152. The summed E-state index contributed by atoms with van der Waals surface area (Å²) in [6.45, 7) is 0.165. The predicted octanol–water partition coefficient (Wildman–Crippen LogP) is 13.2. The van der Waals surface area contributed by atoms with Crippen LogP contribution in [0.5, 0.6) is 0 Å². The molecule has 7 aromatic rings. The zero-order chi connectivity index (χ0) is 45.9. The molecule has 8 nitrogen and oxygen atoms in total. The molecule has 0 saturated carbocycles. The highest BCUT2D eigenvalue weighted by atomic mass is 15.3. The summed E-state index contributed by atoms with van der Waals surface area (Å²) in [5, 5.41) is 0. The lowest BCUT2D eigenvalue weighted by Gasteiger charge is -2.30. The molecule has 7 aromatic carbocycles. The molecule has 0 aromatic heterocycles. The summed E-state index contributed by atoms with van der Waals surface area (Å²) in [6.07, 6.45) is 24.1. The zero-order valence-electron chi connectivity index (χ0n) is 38.1. The van der Waals surface area contributed by atoms with E-state index in [1.165, 1.54) is 73.4 Å². The van der Waals surface area contributed by atoms with Gasteiger partial charge in [-0.1, -0.05) is 121 Å². The molecular weight excluding hydrogens is 852 g/mol. The van der Waals surface area contributed by atoms with Gasteiger partial charge in [-0.25, -0.2) is 0 Å². The van der Waals surface area contributed by atoms with Crippen LogP contribution in [0.1, 0.15) is 5.56 Å². The Morgan fingerprint density at radius 2 is 0.671 bits per heavy atom. The minimum atomic E-state index is -0.0209. The van der Waals surface area contributed by atoms with Gasteiger partial charge in [0.2, 0.25) is 0 Å². The second-order valence-corrected chi connectivity index (χ2v) is 18.7. The molecule has 15 rings (SSSR count). The van der Waals surface area contributed by atoms with E-state index in [-0.39, 0.29) is 27.9 Å². The van der Waals surface area contributed by atoms with Crippen LogP contribution in [-0.4, -0.2) is 27.9 Å². The maximum absolute atomic E-state index is 2.48.